The van der Waals surface area contributed by atoms with Crippen molar-refractivity contribution in [2.24, 2.45) is 0 Å². The Hall–Kier alpha value is -3.91. The number of nitrogens with one attached hydrogen (secondary N) is 2. The van der Waals surface area contributed by atoms with Gasteiger partial charge in [-0.25, -0.2) is 4.98 Å². The van der Waals surface area contributed by atoms with Crippen LogP contribution < -0.4 is 20.1 Å². The lowest BCUT2D eigenvalue weighted by Crippen LogP contribution is -2.12. The molecule has 0 spiro atoms. The smallest absolute Gasteiger partial charge is 0.257 e. The molecule has 2 N–H and O–H groups in total. The molecule has 0 bridgehead atoms. The number of hydrogen-bond acceptors (Lipinski definition) is 6. The van der Waals surface area contributed by atoms with Crippen LogP contribution >= 0.6 is 11.3 Å². The van der Waals surface area contributed by atoms with E-state index >= 15 is 0 Å². The van der Waals surface area contributed by atoms with Crippen molar-refractivity contribution >= 4 is 44.2 Å². The summed E-state index contributed by atoms with van der Waals surface area (Å²) in [6.45, 7) is 7.80. The Labute approximate surface area is 208 Å². The third-order valence-electron chi connectivity index (χ3n) is 4.84. The van der Waals surface area contributed by atoms with Gasteiger partial charge >= 0.3 is 0 Å². The number of rotatable bonds is 8. The fourth-order valence-corrected chi connectivity index (χ4v) is 4.24. The normalized spacial score (nSPS) is 11.0. The second kappa shape index (κ2) is 10.6. The number of thiazole rings is 1. The number of benzene rings is 3. The van der Waals surface area contributed by atoms with Gasteiger partial charge in [0, 0.05) is 16.8 Å². The highest BCUT2D eigenvalue weighted by Crippen LogP contribution is 2.29. The molecule has 0 unspecified atom stereocenters. The Kier molecular flexibility index (Phi) is 7.31. The van der Waals surface area contributed by atoms with Crippen LogP contribution in [0.1, 0.15) is 48.4 Å². The molecular formula is C27H27N3O4S. The fraction of sp³-hybridized carbons (Fsp3) is 0.222. The molecule has 0 fully saturated rings. The van der Waals surface area contributed by atoms with Crippen molar-refractivity contribution in [3.8, 4) is 11.5 Å². The van der Waals surface area contributed by atoms with Crippen LogP contribution in [0.15, 0.2) is 66.7 Å². The van der Waals surface area contributed by atoms with Crippen molar-refractivity contribution in [2.75, 3.05) is 10.6 Å². The third-order valence-corrected chi connectivity index (χ3v) is 5.78. The van der Waals surface area contributed by atoms with Gasteiger partial charge in [0.05, 0.1) is 22.4 Å². The van der Waals surface area contributed by atoms with E-state index in [2.05, 4.69) is 15.6 Å². The first-order valence-electron chi connectivity index (χ1n) is 11.3. The van der Waals surface area contributed by atoms with E-state index < -0.39 is 0 Å². The minimum atomic E-state index is -0.251. The standard InChI is InChI=1S/C27H27N3O4S/c1-16(2)33-21-10-5-18(6-11-21)25(31)28-20-9-14-23-24(15-20)35-27(29-23)30-26(32)19-7-12-22(13-8-19)34-17(3)4/h5-17H,1-4H3,(H,28,31)(H,29,30,32). The number of anilines is 2. The molecule has 2 amide bonds. The summed E-state index contributed by atoms with van der Waals surface area (Å²) < 4.78 is 12.1. The highest BCUT2D eigenvalue weighted by Gasteiger charge is 2.12. The van der Waals surface area contributed by atoms with Crippen LogP contribution in [-0.2, 0) is 0 Å². The number of hydrogen-bond donors (Lipinski definition) is 2. The zero-order valence-electron chi connectivity index (χ0n) is 20.0. The molecule has 35 heavy (non-hydrogen) atoms. The van der Waals surface area contributed by atoms with Gasteiger partial charge in [-0.2, -0.15) is 0 Å². The number of carbonyl (C=O) groups is 2. The van der Waals surface area contributed by atoms with Gasteiger partial charge in [0.15, 0.2) is 5.13 Å². The van der Waals surface area contributed by atoms with E-state index in [1.165, 1.54) is 11.3 Å². The molecular weight excluding hydrogens is 462 g/mol. The molecule has 0 aliphatic heterocycles. The number of amides is 2. The van der Waals surface area contributed by atoms with Crippen LogP contribution in [0.4, 0.5) is 10.8 Å². The molecule has 0 atom stereocenters. The van der Waals surface area contributed by atoms with Crippen LogP contribution in [-0.4, -0.2) is 29.0 Å². The van der Waals surface area contributed by atoms with Gasteiger partial charge in [-0.1, -0.05) is 11.3 Å². The average Bonchev–Trinajstić information content (AvgIpc) is 3.20. The number of carbonyl (C=O) groups excluding carboxylic acids is 2. The van der Waals surface area contributed by atoms with Gasteiger partial charge in [0.2, 0.25) is 0 Å². The van der Waals surface area contributed by atoms with E-state index in [0.717, 1.165) is 16.0 Å². The Bertz CT molecular complexity index is 1260. The molecule has 0 aliphatic rings. The van der Waals surface area contributed by atoms with E-state index in [1.807, 2.05) is 39.8 Å². The van der Waals surface area contributed by atoms with Crippen LogP contribution in [0.2, 0.25) is 0 Å². The minimum absolute atomic E-state index is 0.0666. The molecule has 1 heterocycles. The summed E-state index contributed by atoms with van der Waals surface area (Å²) in [5.74, 6) is 0.963. The van der Waals surface area contributed by atoms with Crippen molar-refractivity contribution < 1.29 is 19.1 Å². The van der Waals surface area contributed by atoms with Gasteiger partial charge in [0.1, 0.15) is 11.5 Å². The Morgan fingerprint density at radius 2 is 1.26 bits per heavy atom. The summed E-state index contributed by atoms with van der Waals surface area (Å²) in [5.41, 5.74) is 2.42. The molecule has 0 saturated heterocycles. The zero-order valence-corrected chi connectivity index (χ0v) is 20.8. The number of aromatic nitrogens is 1. The molecule has 0 radical (unpaired) electrons. The Balaban J connectivity index is 1.41. The largest absolute Gasteiger partial charge is 0.491 e. The highest BCUT2D eigenvalue weighted by molar-refractivity contribution is 7.22. The molecule has 3 aromatic carbocycles. The number of ether oxygens (including phenoxy) is 2. The lowest BCUT2D eigenvalue weighted by Gasteiger charge is -2.10. The van der Waals surface area contributed by atoms with Crippen LogP contribution in [0, 0.1) is 0 Å². The molecule has 0 aliphatic carbocycles. The SMILES string of the molecule is CC(C)Oc1ccc(C(=O)Nc2ccc3nc(NC(=O)c4ccc(OC(C)C)cc4)sc3c2)cc1. The topological polar surface area (TPSA) is 89.5 Å². The van der Waals surface area contributed by atoms with Crippen LogP contribution in [0.3, 0.4) is 0 Å². The minimum Gasteiger partial charge on any atom is -0.491 e. The summed E-state index contributed by atoms with van der Waals surface area (Å²) >= 11 is 1.34. The van der Waals surface area contributed by atoms with Crippen molar-refractivity contribution in [3.63, 3.8) is 0 Å². The second-order valence-electron chi connectivity index (χ2n) is 8.49. The molecule has 1 aromatic heterocycles. The molecule has 0 saturated carbocycles. The lowest BCUT2D eigenvalue weighted by molar-refractivity contribution is 0.101. The quantitative estimate of drug-likeness (QED) is 0.300. The number of fused-ring (bicyclic) bond motifs is 1. The summed E-state index contributed by atoms with van der Waals surface area (Å²) in [5, 5.41) is 6.23. The van der Waals surface area contributed by atoms with Crippen molar-refractivity contribution in [3.05, 3.63) is 77.9 Å². The maximum absolute atomic E-state index is 12.6. The van der Waals surface area contributed by atoms with E-state index in [1.54, 1.807) is 54.6 Å². The van der Waals surface area contributed by atoms with E-state index in [9.17, 15) is 9.59 Å². The Morgan fingerprint density at radius 1 is 0.743 bits per heavy atom. The van der Waals surface area contributed by atoms with Crippen molar-refractivity contribution in [1.29, 1.82) is 0 Å². The predicted octanol–water partition coefficient (Wildman–Crippen LogP) is 6.38. The fourth-order valence-electron chi connectivity index (χ4n) is 3.34. The zero-order chi connectivity index (χ0) is 24.9. The maximum Gasteiger partial charge on any atom is 0.257 e. The van der Waals surface area contributed by atoms with Crippen molar-refractivity contribution in [1.82, 2.24) is 4.98 Å². The summed E-state index contributed by atoms with van der Waals surface area (Å²) in [6, 6.07) is 19.4. The summed E-state index contributed by atoms with van der Waals surface area (Å²) in [4.78, 5) is 29.8. The third kappa shape index (κ3) is 6.36. The van der Waals surface area contributed by atoms with Gasteiger partial charge in [-0.15, -0.1) is 0 Å². The molecule has 4 aromatic rings. The molecule has 8 heteroatoms. The van der Waals surface area contributed by atoms with Crippen molar-refractivity contribution in [2.45, 2.75) is 39.9 Å². The van der Waals surface area contributed by atoms with Gasteiger partial charge in [-0.05, 0) is 94.4 Å². The summed E-state index contributed by atoms with van der Waals surface area (Å²) in [7, 11) is 0. The Morgan fingerprint density at radius 3 is 1.77 bits per heavy atom. The maximum atomic E-state index is 12.6. The second-order valence-corrected chi connectivity index (χ2v) is 9.52. The van der Waals surface area contributed by atoms with E-state index in [0.29, 0.717) is 27.7 Å². The van der Waals surface area contributed by atoms with Gasteiger partial charge in [-0.3, -0.25) is 14.9 Å². The number of nitrogens with zero attached hydrogens (tertiary/aromatic N) is 1. The molecule has 180 valence electrons. The first kappa shape index (κ1) is 24.2. The predicted molar refractivity (Wildman–Crippen MR) is 140 cm³/mol. The van der Waals surface area contributed by atoms with E-state index in [4.69, 9.17) is 9.47 Å². The highest BCUT2D eigenvalue weighted by atomic mass is 32.1. The molecule has 4 rings (SSSR count). The first-order chi connectivity index (χ1) is 16.8. The van der Waals surface area contributed by atoms with E-state index in [-0.39, 0.29) is 24.0 Å². The van der Waals surface area contributed by atoms with Gasteiger partial charge in [0.25, 0.3) is 11.8 Å². The monoisotopic (exact) mass is 489 g/mol. The molecule has 7 nitrogen and oxygen atoms in total. The first-order valence-corrected chi connectivity index (χ1v) is 12.2. The summed E-state index contributed by atoms with van der Waals surface area (Å²) in [6.07, 6.45) is 0.136. The van der Waals surface area contributed by atoms with Gasteiger partial charge < -0.3 is 14.8 Å². The van der Waals surface area contributed by atoms with Crippen LogP contribution in [0.5, 0.6) is 11.5 Å². The average molecular weight is 490 g/mol. The lowest BCUT2D eigenvalue weighted by atomic mass is 10.2. The van der Waals surface area contributed by atoms with Crippen LogP contribution in [0.25, 0.3) is 10.2 Å².